The Labute approximate surface area is 99.8 Å². The van der Waals surface area contributed by atoms with E-state index in [4.69, 9.17) is 5.11 Å². The van der Waals surface area contributed by atoms with Gasteiger partial charge in [-0.25, -0.2) is 4.79 Å². The number of aliphatic carboxylic acids is 1. The third-order valence-electron chi connectivity index (χ3n) is 2.57. The summed E-state index contributed by atoms with van der Waals surface area (Å²) in [5, 5.41) is 13.0. The molecule has 0 aromatic carbocycles. The number of carbonyl (C=O) groups excluding carboxylic acids is 1. The van der Waals surface area contributed by atoms with Crippen LogP contribution in [0.5, 0.6) is 0 Å². The fourth-order valence-electron chi connectivity index (χ4n) is 1.76. The number of amides is 1. The second-order valence-electron chi connectivity index (χ2n) is 4.35. The molecular formula is C11H17N3O3. The van der Waals surface area contributed by atoms with Gasteiger partial charge in [0.05, 0.1) is 11.8 Å². The van der Waals surface area contributed by atoms with Crippen LogP contribution in [0.4, 0.5) is 0 Å². The summed E-state index contributed by atoms with van der Waals surface area (Å²) in [6, 6.07) is -0.831. The number of aryl methyl sites for hydroxylation is 1. The smallest absolute Gasteiger partial charge is 0.326 e. The zero-order chi connectivity index (χ0) is 13.2. The topological polar surface area (TPSA) is 75.4 Å². The first-order valence-corrected chi connectivity index (χ1v) is 5.33. The van der Waals surface area contributed by atoms with E-state index in [2.05, 4.69) is 5.10 Å². The molecule has 0 radical (unpaired) electrons. The Morgan fingerprint density at radius 3 is 2.41 bits per heavy atom. The number of carboxylic acids is 1. The summed E-state index contributed by atoms with van der Waals surface area (Å²) in [7, 11) is 3.20. The van der Waals surface area contributed by atoms with Crippen LogP contribution in [0.1, 0.15) is 24.2 Å². The molecule has 1 N–H and O–H groups in total. The highest BCUT2D eigenvalue weighted by Gasteiger charge is 2.30. The number of aromatic nitrogens is 2. The minimum absolute atomic E-state index is 0.155. The molecule has 0 fully saturated rings. The number of hydrogen-bond acceptors (Lipinski definition) is 3. The minimum Gasteiger partial charge on any atom is -0.480 e. The van der Waals surface area contributed by atoms with Gasteiger partial charge in [-0.05, 0) is 5.92 Å². The Kier molecular flexibility index (Phi) is 3.88. The van der Waals surface area contributed by atoms with Gasteiger partial charge in [-0.15, -0.1) is 0 Å². The number of carbonyl (C=O) groups is 2. The van der Waals surface area contributed by atoms with Crippen molar-refractivity contribution in [1.29, 1.82) is 0 Å². The van der Waals surface area contributed by atoms with E-state index in [9.17, 15) is 9.59 Å². The normalized spacial score (nSPS) is 12.5. The highest BCUT2D eigenvalue weighted by atomic mass is 16.4. The summed E-state index contributed by atoms with van der Waals surface area (Å²) in [5.41, 5.74) is 0.391. The van der Waals surface area contributed by atoms with Crippen LogP contribution in [0.3, 0.4) is 0 Å². The van der Waals surface area contributed by atoms with Gasteiger partial charge in [0, 0.05) is 20.3 Å². The van der Waals surface area contributed by atoms with Gasteiger partial charge in [0.2, 0.25) is 0 Å². The summed E-state index contributed by atoms with van der Waals surface area (Å²) in [6.45, 7) is 3.54. The van der Waals surface area contributed by atoms with E-state index in [0.29, 0.717) is 5.56 Å². The van der Waals surface area contributed by atoms with E-state index in [1.807, 2.05) is 0 Å². The number of likely N-dealkylation sites (N-methyl/N-ethyl adjacent to an activating group) is 1. The summed E-state index contributed by atoms with van der Waals surface area (Å²) >= 11 is 0. The molecule has 0 saturated carbocycles. The van der Waals surface area contributed by atoms with Crippen LogP contribution in [0.25, 0.3) is 0 Å². The molecule has 17 heavy (non-hydrogen) atoms. The van der Waals surface area contributed by atoms with Crippen LogP contribution in [0, 0.1) is 5.92 Å². The first-order valence-electron chi connectivity index (χ1n) is 5.33. The fourth-order valence-corrected chi connectivity index (χ4v) is 1.76. The average Bonchev–Trinajstić information content (AvgIpc) is 2.62. The molecule has 6 heteroatoms. The van der Waals surface area contributed by atoms with Crippen molar-refractivity contribution in [2.45, 2.75) is 19.9 Å². The quantitative estimate of drug-likeness (QED) is 0.834. The van der Waals surface area contributed by atoms with E-state index in [0.717, 1.165) is 0 Å². The average molecular weight is 239 g/mol. The third-order valence-corrected chi connectivity index (χ3v) is 2.57. The van der Waals surface area contributed by atoms with Crippen molar-refractivity contribution in [1.82, 2.24) is 14.7 Å². The van der Waals surface area contributed by atoms with E-state index < -0.39 is 12.0 Å². The standard InChI is InChI=1S/C11H17N3O3/c1-7(2)9(11(16)17)14(4)10(15)8-5-12-13(3)6-8/h5-7,9H,1-4H3,(H,16,17). The lowest BCUT2D eigenvalue weighted by Gasteiger charge is -2.27. The largest absolute Gasteiger partial charge is 0.480 e. The van der Waals surface area contributed by atoms with Gasteiger partial charge in [0.25, 0.3) is 5.91 Å². The van der Waals surface area contributed by atoms with E-state index in [-0.39, 0.29) is 11.8 Å². The Hall–Kier alpha value is -1.85. The van der Waals surface area contributed by atoms with Crippen molar-refractivity contribution in [2.24, 2.45) is 13.0 Å². The molecule has 94 valence electrons. The van der Waals surface area contributed by atoms with Crippen molar-refractivity contribution in [2.75, 3.05) is 7.05 Å². The second kappa shape index (κ2) is 4.99. The molecule has 1 rings (SSSR count). The first-order chi connectivity index (χ1) is 7.84. The van der Waals surface area contributed by atoms with Gasteiger partial charge in [-0.2, -0.15) is 5.10 Å². The van der Waals surface area contributed by atoms with Crippen molar-refractivity contribution < 1.29 is 14.7 Å². The Balaban J connectivity index is 2.91. The molecule has 0 saturated heterocycles. The summed E-state index contributed by atoms with van der Waals surface area (Å²) < 4.78 is 1.51. The first kappa shape index (κ1) is 13.2. The fraction of sp³-hybridized carbons (Fsp3) is 0.545. The van der Waals surface area contributed by atoms with Crippen LogP contribution in [0.15, 0.2) is 12.4 Å². The molecule has 1 unspecified atom stereocenters. The van der Waals surface area contributed by atoms with Crippen LogP contribution in [-0.4, -0.2) is 44.8 Å². The van der Waals surface area contributed by atoms with Gasteiger partial charge in [-0.1, -0.05) is 13.8 Å². The SMILES string of the molecule is CC(C)C(C(=O)O)N(C)C(=O)c1cnn(C)c1. The summed E-state index contributed by atoms with van der Waals surface area (Å²) in [4.78, 5) is 24.4. The number of hydrogen-bond donors (Lipinski definition) is 1. The molecule has 0 bridgehead atoms. The van der Waals surface area contributed by atoms with Crippen molar-refractivity contribution in [3.05, 3.63) is 18.0 Å². The van der Waals surface area contributed by atoms with Gasteiger partial charge < -0.3 is 10.0 Å². The molecule has 0 spiro atoms. The molecule has 6 nitrogen and oxygen atoms in total. The summed E-state index contributed by atoms with van der Waals surface area (Å²) in [6.07, 6.45) is 3.00. The maximum Gasteiger partial charge on any atom is 0.326 e. The molecule has 0 aliphatic rings. The van der Waals surface area contributed by atoms with Gasteiger partial charge in [0.1, 0.15) is 6.04 Å². The number of rotatable bonds is 4. The van der Waals surface area contributed by atoms with Gasteiger partial charge >= 0.3 is 5.97 Å². The van der Waals surface area contributed by atoms with Gasteiger partial charge in [-0.3, -0.25) is 9.48 Å². The van der Waals surface area contributed by atoms with Crippen LogP contribution < -0.4 is 0 Å². The lowest BCUT2D eigenvalue weighted by Crippen LogP contribution is -2.45. The molecule has 0 aliphatic heterocycles. The lowest BCUT2D eigenvalue weighted by molar-refractivity contribution is -0.143. The molecule has 1 amide bonds. The Morgan fingerprint density at radius 1 is 1.47 bits per heavy atom. The Bertz CT molecular complexity index is 425. The third kappa shape index (κ3) is 2.83. The number of carboxylic acid groups (broad SMARTS) is 1. The number of nitrogens with zero attached hydrogens (tertiary/aromatic N) is 3. The predicted octanol–water partition coefficient (Wildman–Crippen LogP) is 0.601. The monoisotopic (exact) mass is 239 g/mol. The van der Waals surface area contributed by atoms with Crippen LogP contribution >= 0.6 is 0 Å². The molecular weight excluding hydrogens is 222 g/mol. The van der Waals surface area contributed by atoms with Crippen LogP contribution in [-0.2, 0) is 11.8 Å². The molecule has 1 aromatic heterocycles. The molecule has 1 heterocycles. The molecule has 0 aliphatic carbocycles. The van der Waals surface area contributed by atoms with Gasteiger partial charge in [0.15, 0.2) is 0 Å². The lowest BCUT2D eigenvalue weighted by atomic mass is 10.0. The molecule has 1 atom stereocenters. The van der Waals surface area contributed by atoms with Crippen molar-refractivity contribution >= 4 is 11.9 Å². The van der Waals surface area contributed by atoms with E-state index in [1.54, 1.807) is 27.1 Å². The zero-order valence-electron chi connectivity index (χ0n) is 10.4. The minimum atomic E-state index is -1.00. The Morgan fingerprint density at radius 2 is 2.06 bits per heavy atom. The maximum absolute atomic E-state index is 12.0. The van der Waals surface area contributed by atoms with E-state index in [1.165, 1.54) is 22.8 Å². The molecule has 1 aromatic rings. The van der Waals surface area contributed by atoms with Crippen molar-refractivity contribution in [3.63, 3.8) is 0 Å². The van der Waals surface area contributed by atoms with E-state index >= 15 is 0 Å². The highest BCUT2D eigenvalue weighted by molar-refractivity contribution is 5.96. The van der Waals surface area contributed by atoms with Crippen molar-refractivity contribution in [3.8, 4) is 0 Å². The van der Waals surface area contributed by atoms with Crippen LogP contribution in [0.2, 0.25) is 0 Å². The second-order valence-corrected chi connectivity index (χ2v) is 4.35. The predicted molar refractivity (Wildman–Crippen MR) is 61.6 cm³/mol. The maximum atomic E-state index is 12.0. The summed E-state index contributed by atoms with van der Waals surface area (Å²) in [5.74, 6) is -1.49. The zero-order valence-corrected chi connectivity index (χ0v) is 10.4. The highest BCUT2D eigenvalue weighted by Crippen LogP contribution is 2.13.